The van der Waals surface area contributed by atoms with Gasteiger partial charge in [-0.25, -0.2) is 5.10 Å². The number of hydrogen-bond donors (Lipinski definition) is 2. The number of fused-ring (bicyclic) bond motifs is 1. The van der Waals surface area contributed by atoms with E-state index in [2.05, 4.69) is 10.2 Å². The van der Waals surface area contributed by atoms with E-state index in [-0.39, 0.29) is 30.3 Å². The number of aliphatic hydroxyl groups excluding tert-OH is 1. The fraction of sp³-hybridized carbons (Fsp3) is 0.357. The number of nitrogens with one attached hydrogen (secondary N) is 1. The largest absolute Gasteiger partial charge is 0.389 e. The number of aliphatic hydroxyl groups is 1. The first-order chi connectivity index (χ1) is 10.0. The minimum Gasteiger partial charge on any atom is -0.389 e. The SMILES string of the molecule is COCC(O)CN(C)C(=O)c1n[nH]c(=O)c2ccccc12. The zero-order valence-corrected chi connectivity index (χ0v) is 11.9. The molecule has 1 unspecified atom stereocenters. The molecule has 21 heavy (non-hydrogen) atoms. The summed E-state index contributed by atoms with van der Waals surface area (Å²) in [6.45, 7) is 0.249. The maximum atomic E-state index is 12.4. The van der Waals surface area contributed by atoms with Crippen LogP contribution in [-0.2, 0) is 4.74 Å². The summed E-state index contributed by atoms with van der Waals surface area (Å²) >= 11 is 0. The normalized spacial score (nSPS) is 12.3. The topological polar surface area (TPSA) is 95.5 Å². The highest BCUT2D eigenvalue weighted by atomic mass is 16.5. The average molecular weight is 291 g/mol. The number of methoxy groups -OCH3 is 1. The van der Waals surface area contributed by atoms with Crippen LogP contribution in [-0.4, -0.2) is 59.5 Å². The van der Waals surface area contributed by atoms with E-state index >= 15 is 0 Å². The molecule has 0 fully saturated rings. The lowest BCUT2D eigenvalue weighted by atomic mass is 10.1. The molecular formula is C14H17N3O4. The molecule has 0 aliphatic heterocycles. The molecule has 1 aromatic carbocycles. The van der Waals surface area contributed by atoms with Crippen molar-refractivity contribution in [2.24, 2.45) is 0 Å². The predicted octanol–water partition coefficient (Wildman–Crippen LogP) is 0.00240. The number of aromatic nitrogens is 2. The molecule has 2 rings (SSSR count). The first-order valence-electron chi connectivity index (χ1n) is 6.44. The minimum absolute atomic E-state index is 0.113. The molecule has 7 nitrogen and oxygen atoms in total. The molecule has 112 valence electrons. The summed E-state index contributed by atoms with van der Waals surface area (Å²) in [5, 5.41) is 16.7. The Hall–Kier alpha value is -2.25. The van der Waals surface area contributed by atoms with E-state index in [9.17, 15) is 14.7 Å². The smallest absolute Gasteiger partial charge is 0.274 e. The highest BCUT2D eigenvalue weighted by Gasteiger charge is 2.19. The summed E-state index contributed by atoms with van der Waals surface area (Å²) in [4.78, 5) is 25.4. The highest BCUT2D eigenvalue weighted by molar-refractivity contribution is 6.04. The Morgan fingerprint density at radius 3 is 2.76 bits per heavy atom. The molecule has 0 aliphatic rings. The third-order valence-electron chi connectivity index (χ3n) is 3.09. The summed E-state index contributed by atoms with van der Waals surface area (Å²) in [6, 6.07) is 6.76. The van der Waals surface area contributed by atoms with Crippen molar-refractivity contribution in [1.29, 1.82) is 0 Å². The second-order valence-corrected chi connectivity index (χ2v) is 4.74. The van der Waals surface area contributed by atoms with Gasteiger partial charge in [-0.15, -0.1) is 0 Å². The number of nitrogens with zero attached hydrogens (tertiary/aromatic N) is 2. The molecule has 0 bridgehead atoms. The number of H-pyrrole nitrogens is 1. The van der Waals surface area contributed by atoms with Gasteiger partial charge in [0.25, 0.3) is 11.5 Å². The van der Waals surface area contributed by atoms with Crippen molar-refractivity contribution in [2.45, 2.75) is 6.10 Å². The number of rotatable bonds is 5. The van der Waals surface area contributed by atoms with Crippen molar-refractivity contribution in [3.63, 3.8) is 0 Å². The van der Waals surface area contributed by atoms with E-state index in [1.165, 1.54) is 12.0 Å². The summed E-state index contributed by atoms with van der Waals surface area (Å²) in [5.74, 6) is -0.377. The van der Waals surface area contributed by atoms with Crippen LogP contribution < -0.4 is 5.56 Å². The fourth-order valence-electron chi connectivity index (χ4n) is 2.10. The van der Waals surface area contributed by atoms with Crippen molar-refractivity contribution in [3.05, 3.63) is 40.3 Å². The van der Waals surface area contributed by atoms with Crippen molar-refractivity contribution >= 4 is 16.7 Å². The number of carbonyl (C=O) groups is 1. The number of benzene rings is 1. The van der Waals surface area contributed by atoms with E-state index in [1.807, 2.05) is 0 Å². The van der Waals surface area contributed by atoms with Crippen LogP contribution >= 0.6 is 0 Å². The summed E-state index contributed by atoms with van der Waals surface area (Å²) in [5.41, 5.74) is -0.193. The molecule has 0 saturated carbocycles. The fourth-order valence-corrected chi connectivity index (χ4v) is 2.10. The Balaban J connectivity index is 2.32. The quantitative estimate of drug-likeness (QED) is 0.808. The maximum absolute atomic E-state index is 12.4. The Labute approximate surface area is 121 Å². The van der Waals surface area contributed by atoms with Gasteiger partial charge in [-0.1, -0.05) is 18.2 Å². The molecule has 0 radical (unpaired) electrons. The first-order valence-corrected chi connectivity index (χ1v) is 6.44. The molecule has 0 aliphatic carbocycles. The number of amides is 1. The number of likely N-dealkylation sites (N-methyl/N-ethyl adjacent to an activating group) is 1. The first kappa shape index (κ1) is 15.1. The van der Waals surface area contributed by atoms with E-state index < -0.39 is 6.10 Å². The summed E-state index contributed by atoms with van der Waals surface area (Å²) in [7, 11) is 3.03. The lowest BCUT2D eigenvalue weighted by Crippen LogP contribution is -2.37. The molecule has 0 spiro atoms. The molecule has 1 aromatic heterocycles. The monoisotopic (exact) mass is 291 g/mol. The van der Waals surface area contributed by atoms with E-state index in [1.54, 1.807) is 31.3 Å². The van der Waals surface area contributed by atoms with Crippen LogP contribution in [0.5, 0.6) is 0 Å². The van der Waals surface area contributed by atoms with E-state index in [4.69, 9.17) is 4.74 Å². The number of ether oxygens (including phenoxy) is 1. The highest BCUT2D eigenvalue weighted by Crippen LogP contribution is 2.14. The van der Waals surface area contributed by atoms with Gasteiger partial charge in [-0.2, -0.15) is 5.10 Å². The Bertz CT molecular complexity index is 698. The summed E-state index contributed by atoms with van der Waals surface area (Å²) in [6.07, 6.45) is -0.780. The van der Waals surface area contributed by atoms with Gasteiger partial charge in [0.15, 0.2) is 5.69 Å². The Morgan fingerprint density at radius 2 is 2.10 bits per heavy atom. The van der Waals surface area contributed by atoms with Crippen molar-refractivity contribution in [2.75, 3.05) is 27.3 Å². The molecule has 2 N–H and O–H groups in total. The van der Waals surface area contributed by atoms with Gasteiger partial charge < -0.3 is 14.7 Å². The third kappa shape index (κ3) is 3.26. The van der Waals surface area contributed by atoms with Crippen molar-refractivity contribution in [1.82, 2.24) is 15.1 Å². The maximum Gasteiger partial charge on any atom is 0.274 e. The van der Waals surface area contributed by atoms with Crippen molar-refractivity contribution < 1.29 is 14.6 Å². The molecule has 1 amide bonds. The molecule has 0 saturated heterocycles. The van der Waals surface area contributed by atoms with Gasteiger partial charge in [0.2, 0.25) is 0 Å². The van der Waals surface area contributed by atoms with E-state index in [0.29, 0.717) is 10.8 Å². The van der Waals surface area contributed by atoms with Crippen LogP contribution in [0.3, 0.4) is 0 Å². The number of carbonyl (C=O) groups excluding carboxylic acids is 1. The van der Waals surface area contributed by atoms with Crippen LogP contribution in [0, 0.1) is 0 Å². The van der Waals surface area contributed by atoms with Gasteiger partial charge in [0, 0.05) is 26.1 Å². The van der Waals surface area contributed by atoms with Gasteiger partial charge in [-0.3, -0.25) is 9.59 Å². The lowest BCUT2D eigenvalue weighted by Gasteiger charge is -2.20. The minimum atomic E-state index is -0.780. The molecule has 1 heterocycles. The molecule has 1 atom stereocenters. The van der Waals surface area contributed by atoms with E-state index in [0.717, 1.165) is 0 Å². The van der Waals surface area contributed by atoms with Crippen LogP contribution in [0.15, 0.2) is 29.1 Å². The third-order valence-corrected chi connectivity index (χ3v) is 3.09. The molecule has 7 heteroatoms. The Kier molecular flexibility index (Phi) is 4.66. The van der Waals surface area contributed by atoms with Crippen molar-refractivity contribution in [3.8, 4) is 0 Å². The van der Waals surface area contributed by atoms with Gasteiger partial charge in [0.1, 0.15) is 0 Å². The van der Waals surface area contributed by atoms with Gasteiger partial charge >= 0.3 is 0 Å². The molecular weight excluding hydrogens is 274 g/mol. The lowest BCUT2D eigenvalue weighted by molar-refractivity contribution is 0.0378. The zero-order valence-electron chi connectivity index (χ0n) is 11.9. The second-order valence-electron chi connectivity index (χ2n) is 4.74. The zero-order chi connectivity index (χ0) is 15.4. The van der Waals surface area contributed by atoms with Crippen LogP contribution in [0.2, 0.25) is 0 Å². The number of hydrogen-bond acceptors (Lipinski definition) is 5. The predicted molar refractivity (Wildman–Crippen MR) is 77.2 cm³/mol. The average Bonchev–Trinajstić information content (AvgIpc) is 2.47. The molecule has 2 aromatic rings. The van der Waals surface area contributed by atoms with Gasteiger partial charge in [-0.05, 0) is 6.07 Å². The van der Waals surface area contributed by atoms with Gasteiger partial charge in [0.05, 0.1) is 18.1 Å². The Morgan fingerprint density at radius 1 is 1.43 bits per heavy atom. The number of aromatic amines is 1. The summed E-state index contributed by atoms with van der Waals surface area (Å²) < 4.78 is 4.82. The van der Waals surface area contributed by atoms with Crippen LogP contribution in [0.1, 0.15) is 10.5 Å². The van der Waals surface area contributed by atoms with Crippen LogP contribution in [0.4, 0.5) is 0 Å². The second kappa shape index (κ2) is 6.47. The van der Waals surface area contributed by atoms with Crippen LogP contribution in [0.25, 0.3) is 10.8 Å². The standard InChI is InChI=1S/C14H17N3O4/c1-17(7-9(18)8-21-2)14(20)12-10-5-3-4-6-11(10)13(19)16-15-12/h3-6,9,18H,7-8H2,1-2H3,(H,16,19).